The van der Waals surface area contributed by atoms with Crippen molar-refractivity contribution in [2.45, 2.75) is 9.79 Å². The van der Waals surface area contributed by atoms with E-state index in [1.807, 2.05) is 0 Å². The first-order valence-corrected chi connectivity index (χ1v) is 9.08. The maximum absolute atomic E-state index is 11.5. The second kappa shape index (κ2) is 6.17. The van der Waals surface area contributed by atoms with Crippen molar-refractivity contribution in [3.63, 3.8) is 0 Å². The third kappa shape index (κ3) is 3.72. The third-order valence-electron chi connectivity index (χ3n) is 2.81. The van der Waals surface area contributed by atoms with Gasteiger partial charge in [-0.1, -0.05) is 0 Å². The molecule has 0 bridgehead atoms. The molecule has 0 N–H and O–H groups in total. The molecule has 0 radical (unpaired) electrons. The van der Waals surface area contributed by atoms with Crippen LogP contribution >= 0.6 is 0 Å². The molecule has 0 amide bonds. The first-order chi connectivity index (χ1) is 10.8. The Labute approximate surface area is 134 Å². The van der Waals surface area contributed by atoms with Crippen LogP contribution in [0.4, 0.5) is 0 Å². The van der Waals surface area contributed by atoms with Crippen molar-refractivity contribution < 1.29 is 21.6 Å². The molecule has 0 saturated carbocycles. The fraction of sp³-hybridized carbons (Fsp3) is 0. The fourth-order valence-corrected chi connectivity index (χ4v) is 2.91. The van der Waals surface area contributed by atoms with Crippen LogP contribution in [0.1, 0.15) is 0 Å². The van der Waals surface area contributed by atoms with Crippen molar-refractivity contribution in [3.05, 3.63) is 48.5 Å². The summed E-state index contributed by atoms with van der Waals surface area (Å²) in [6.45, 7) is 0. The van der Waals surface area contributed by atoms with Gasteiger partial charge in [0.2, 0.25) is 19.7 Å². The fourth-order valence-electron chi connectivity index (χ4n) is 1.65. The molecule has 0 aromatic heterocycles. The quantitative estimate of drug-likeness (QED) is 0.626. The van der Waals surface area contributed by atoms with Crippen molar-refractivity contribution in [3.8, 4) is 34.9 Å². The largest absolute Gasteiger partial charge is 0.457 e. The molecule has 2 aromatic carbocycles. The zero-order valence-electron chi connectivity index (χ0n) is 11.6. The van der Waals surface area contributed by atoms with E-state index in [1.165, 1.54) is 48.5 Å². The highest BCUT2D eigenvalue weighted by Crippen LogP contribution is 2.24. The Morgan fingerprint density at radius 3 is 1.22 bits per heavy atom. The molecule has 2 rings (SSSR count). The van der Waals surface area contributed by atoms with Crippen LogP contribution < -0.4 is 4.74 Å². The SMILES string of the molecule is C#CS(=O)(=O)c1ccc(Oc2ccc(S(=O)(=O)C#C)cc2)cc1. The molecule has 0 saturated heterocycles. The molecule has 2 aromatic rings. The van der Waals surface area contributed by atoms with Crippen LogP contribution in [-0.4, -0.2) is 16.8 Å². The number of benzene rings is 2. The van der Waals surface area contributed by atoms with E-state index in [-0.39, 0.29) is 9.79 Å². The summed E-state index contributed by atoms with van der Waals surface area (Å²) >= 11 is 0. The Kier molecular flexibility index (Phi) is 4.46. The Balaban J connectivity index is 2.21. The topological polar surface area (TPSA) is 77.5 Å². The molecule has 0 atom stereocenters. The second-order valence-corrected chi connectivity index (χ2v) is 7.72. The number of hydrogen-bond acceptors (Lipinski definition) is 5. The Morgan fingerprint density at radius 2 is 0.957 bits per heavy atom. The van der Waals surface area contributed by atoms with Gasteiger partial charge in [-0.3, -0.25) is 0 Å². The van der Waals surface area contributed by atoms with E-state index in [2.05, 4.69) is 0 Å². The average molecular weight is 346 g/mol. The lowest BCUT2D eigenvalue weighted by Crippen LogP contribution is -1.97. The summed E-state index contributed by atoms with van der Waals surface area (Å²) in [4.78, 5) is -0.0226. The molecular weight excluding hydrogens is 336 g/mol. The number of sulfone groups is 2. The van der Waals surface area contributed by atoms with Gasteiger partial charge in [-0.25, -0.2) is 16.8 Å². The highest BCUT2D eigenvalue weighted by atomic mass is 32.2. The molecule has 0 fully saturated rings. The Morgan fingerprint density at radius 1 is 0.652 bits per heavy atom. The van der Waals surface area contributed by atoms with Crippen molar-refractivity contribution in [2.24, 2.45) is 0 Å². The van der Waals surface area contributed by atoms with Crippen LogP contribution in [-0.2, 0) is 19.7 Å². The van der Waals surface area contributed by atoms with Crippen LogP contribution in [0.25, 0.3) is 0 Å². The van der Waals surface area contributed by atoms with Crippen LogP contribution in [0.2, 0.25) is 0 Å². The minimum absolute atomic E-state index is 0.0113. The van der Waals surface area contributed by atoms with Gasteiger partial charge in [-0.15, -0.1) is 12.8 Å². The van der Waals surface area contributed by atoms with E-state index in [0.717, 1.165) is 0 Å². The van der Waals surface area contributed by atoms with E-state index in [9.17, 15) is 16.8 Å². The first-order valence-electron chi connectivity index (χ1n) is 6.11. The number of hydrogen-bond donors (Lipinski definition) is 0. The van der Waals surface area contributed by atoms with Crippen molar-refractivity contribution in [2.75, 3.05) is 0 Å². The van der Waals surface area contributed by atoms with Gasteiger partial charge < -0.3 is 4.74 Å². The maximum Gasteiger partial charge on any atom is 0.244 e. The molecule has 0 aliphatic rings. The maximum atomic E-state index is 11.5. The van der Waals surface area contributed by atoms with Gasteiger partial charge in [0.25, 0.3) is 0 Å². The normalized spacial score (nSPS) is 11.2. The van der Waals surface area contributed by atoms with Crippen LogP contribution in [0.5, 0.6) is 11.5 Å². The molecule has 0 heterocycles. The predicted molar refractivity (Wildman–Crippen MR) is 85.0 cm³/mol. The van der Waals surface area contributed by atoms with Gasteiger partial charge in [-0.05, 0) is 48.5 Å². The molecule has 0 aliphatic carbocycles. The molecular formula is C16H10O5S2. The summed E-state index contributed by atoms with van der Waals surface area (Å²) in [5, 5.41) is 3.42. The summed E-state index contributed by atoms with van der Waals surface area (Å²) in [6, 6.07) is 11.0. The number of rotatable bonds is 4. The monoisotopic (exact) mass is 346 g/mol. The number of ether oxygens (including phenoxy) is 1. The molecule has 7 heteroatoms. The molecule has 5 nitrogen and oxygen atoms in total. The first kappa shape index (κ1) is 16.6. The van der Waals surface area contributed by atoms with Gasteiger partial charge in [0.15, 0.2) is 0 Å². The van der Waals surface area contributed by atoms with E-state index in [1.54, 1.807) is 10.5 Å². The summed E-state index contributed by atoms with van der Waals surface area (Å²) in [7, 11) is -7.45. The van der Waals surface area contributed by atoms with Crippen molar-refractivity contribution in [1.29, 1.82) is 0 Å². The highest BCUT2D eigenvalue weighted by Gasteiger charge is 2.11. The molecule has 0 spiro atoms. The van der Waals surface area contributed by atoms with Crippen molar-refractivity contribution >= 4 is 19.7 Å². The summed E-state index contributed by atoms with van der Waals surface area (Å²) in [5.41, 5.74) is 0. The van der Waals surface area contributed by atoms with Crippen LogP contribution in [0, 0.1) is 23.4 Å². The molecule has 23 heavy (non-hydrogen) atoms. The van der Waals surface area contributed by atoms with Gasteiger partial charge in [0, 0.05) is 10.5 Å². The highest BCUT2D eigenvalue weighted by molar-refractivity contribution is 7.96. The van der Waals surface area contributed by atoms with E-state index >= 15 is 0 Å². The Bertz CT molecular complexity index is 916. The van der Waals surface area contributed by atoms with Crippen molar-refractivity contribution in [1.82, 2.24) is 0 Å². The van der Waals surface area contributed by atoms with Gasteiger partial charge >= 0.3 is 0 Å². The van der Waals surface area contributed by atoms with Gasteiger partial charge in [0.05, 0.1) is 9.79 Å². The lowest BCUT2D eigenvalue weighted by molar-refractivity contribution is 0.481. The average Bonchev–Trinajstić information content (AvgIpc) is 2.56. The molecule has 0 aliphatic heterocycles. The minimum Gasteiger partial charge on any atom is -0.457 e. The second-order valence-electron chi connectivity index (χ2n) is 4.29. The van der Waals surface area contributed by atoms with E-state index < -0.39 is 19.7 Å². The summed E-state index contributed by atoms with van der Waals surface area (Å²) < 4.78 is 51.4. The van der Waals surface area contributed by atoms with Gasteiger partial charge in [0.1, 0.15) is 11.5 Å². The molecule has 0 unspecified atom stereocenters. The predicted octanol–water partition coefficient (Wildman–Crippen LogP) is 2.21. The van der Waals surface area contributed by atoms with E-state index in [4.69, 9.17) is 17.6 Å². The molecule has 116 valence electrons. The zero-order chi connectivity index (χ0) is 17.1. The zero-order valence-corrected chi connectivity index (χ0v) is 13.3. The number of terminal acetylenes is 2. The standard InChI is InChI=1S/C16H10O5S2/c1-3-22(17,18)15-9-5-13(6-10-15)21-14-7-11-16(12-8-14)23(19,20)4-2/h1-2,5-12H. The Hall–Kier alpha value is -2.74. The minimum atomic E-state index is -3.73. The van der Waals surface area contributed by atoms with E-state index in [0.29, 0.717) is 11.5 Å². The van der Waals surface area contributed by atoms with Crippen LogP contribution in [0.3, 0.4) is 0 Å². The van der Waals surface area contributed by atoms with Crippen LogP contribution in [0.15, 0.2) is 58.3 Å². The van der Waals surface area contributed by atoms with Gasteiger partial charge in [-0.2, -0.15) is 0 Å². The lowest BCUT2D eigenvalue weighted by atomic mass is 10.3. The lowest BCUT2D eigenvalue weighted by Gasteiger charge is -2.06. The third-order valence-corrected chi connectivity index (χ3v) is 5.22. The summed E-state index contributed by atoms with van der Waals surface area (Å²) in [6.07, 6.45) is 9.86. The summed E-state index contributed by atoms with van der Waals surface area (Å²) in [5.74, 6) is 0.738. The smallest absolute Gasteiger partial charge is 0.244 e.